The van der Waals surface area contributed by atoms with Gasteiger partial charge in [0.25, 0.3) is 11.8 Å². The van der Waals surface area contributed by atoms with Gasteiger partial charge < -0.3 is 4.42 Å². The normalized spacial score (nSPS) is 15.0. The van der Waals surface area contributed by atoms with Gasteiger partial charge in [0.15, 0.2) is 5.58 Å². The lowest BCUT2D eigenvalue weighted by molar-refractivity contribution is -0.137. The van der Waals surface area contributed by atoms with E-state index >= 15 is 0 Å². The Kier molecular flexibility index (Phi) is 4.81. The molecule has 6 nitrogen and oxygen atoms in total. The predicted molar refractivity (Wildman–Crippen MR) is 107 cm³/mol. The van der Waals surface area contributed by atoms with Crippen molar-refractivity contribution in [3.63, 3.8) is 0 Å². The number of carbonyl (C=O) groups is 2. The molecule has 9 heteroatoms. The first-order valence-electron chi connectivity index (χ1n) is 9.03. The van der Waals surface area contributed by atoms with Gasteiger partial charge in [-0.3, -0.25) is 14.6 Å². The van der Waals surface area contributed by atoms with Crippen LogP contribution in [-0.4, -0.2) is 21.8 Å². The molecule has 1 aliphatic heterocycles. The van der Waals surface area contributed by atoms with Gasteiger partial charge in [-0.25, -0.2) is 9.88 Å². The summed E-state index contributed by atoms with van der Waals surface area (Å²) in [5.41, 5.74) is 0.0598. The highest BCUT2D eigenvalue weighted by atomic mass is 19.4. The highest BCUT2D eigenvalue weighted by Crippen LogP contribution is 2.37. The van der Waals surface area contributed by atoms with Crippen molar-refractivity contribution in [2.24, 2.45) is 0 Å². The van der Waals surface area contributed by atoms with Crippen LogP contribution in [0.4, 0.5) is 18.9 Å². The molecule has 31 heavy (non-hydrogen) atoms. The van der Waals surface area contributed by atoms with Gasteiger partial charge in [0, 0.05) is 17.3 Å². The van der Waals surface area contributed by atoms with Gasteiger partial charge in [0.05, 0.1) is 23.0 Å². The fourth-order valence-corrected chi connectivity index (χ4v) is 3.20. The van der Waals surface area contributed by atoms with Crippen molar-refractivity contribution in [2.75, 3.05) is 4.90 Å². The number of benzene rings is 1. The molecular formula is C22H14F3N3O3. The smallest absolute Gasteiger partial charge is 0.416 e. The van der Waals surface area contributed by atoms with E-state index in [2.05, 4.69) is 16.5 Å². The van der Waals surface area contributed by atoms with Gasteiger partial charge in [0.2, 0.25) is 5.89 Å². The van der Waals surface area contributed by atoms with Gasteiger partial charge in [-0.2, -0.15) is 13.2 Å². The summed E-state index contributed by atoms with van der Waals surface area (Å²) in [6.45, 7) is 5.07. The van der Waals surface area contributed by atoms with Crippen molar-refractivity contribution in [1.29, 1.82) is 0 Å². The first-order chi connectivity index (χ1) is 14.7. The van der Waals surface area contributed by atoms with Gasteiger partial charge in [-0.1, -0.05) is 18.7 Å². The summed E-state index contributed by atoms with van der Waals surface area (Å²) in [4.78, 5) is 34.7. The molecule has 0 atom stereocenters. The molecule has 0 N–H and O–H groups in total. The molecule has 0 radical (unpaired) electrons. The third kappa shape index (κ3) is 3.43. The summed E-state index contributed by atoms with van der Waals surface area (Å²) in [7, 11) is 0. The fourth-order valence-electron chi connectivity index (χ4n) is 3.20. The standard InChI is InChI=1S/C22H14F3N3O3/c1-3-4-5-14-12(2)20(29)28(21(14)30)17-11-26-9-8-15(17)19-27-16-10-13(22(23,24)25)6-7-18(16)31-19/h3-11H,1H2,2H3/b5-4-. The van der Waals surface area contributed by atoms with E-state index in [0.29, 0.717) is 0 Å². The second kappa shape index (κ2) is 7.35. The lowest BCUT2D eigenvalue weighted by Gasteiger charge is -2.16. The maximum Gasteiger partial charge on any atom is 0.416 e. The number of oxazole rings is 1. The zero-order valence-electron chi connectivity index (χ0n) is 16.1. The third-order valence-electron chi connectivity index (χ3n) is 4.75. The van der Waals surface area contributed by atoms with E-state index in [9.17, 15) is 22.8 Å². The molecule has 1 aromatic carbocycles. The van der Waals surface area contributed by atoms with Crippen LogP contribution in [-0.2, 0) is 15.8 Å². The van der Waals surface area contributed by atoms with Gasteiger partial charge >= 0.3 is 6.18 Å². The Hall–Kier alpha value is -4.01. The summed E-state index contributed by atoms with van der Waals surface area (Å²) in [5, 5.41) is 0. The van der Waals surface area contributed by atoms with Crippen molar-refractivity contribution >= 4 is 28.6 Å². The topological polar surface area (TPSA) is 76.3 Å². The van der Waals surface area contributed by atoms with Crippen molar-refractivity contribution in [3.8, 4) is 11.5 Å². The molecule has 0 bridgehead atoms. The molecule has 0 saturated carbocycles. The van der Waals surface area contributed by atoms with E-state index in [4.69, 9.17) is 4.42 Å². The van der Waals surface area contributed by atoms with E-state index in [-0.39, 0.29) is 39.4 Å². The largest absolute Gasteiger partial charge is 0.436 e. The lowest BCUT2D eigenvalue weighted by Crippen LogP contribution is -2.32. The van der Waals surface area contributed by atoms with E-state index in [0.717, 1.165) is 17.0 Å². The number of allylic oxidation sites excluding steroid dienone is 2. The zero-order chi connectivity index (χ0) is 22.3. The zero-order valence-corrected chi connectivity index (χ0v) is 16.1. The van der Waals surface area contributed by atoms with Gasteiger partial charge in [-0.15, -0.1) is 0 Å². The summed E-state index contributed by atoms with van der Waals surface area (Å²) in [6.07, 6.45) is 2.67. The van der Waals surface area contributed by atoms with E-state index in [1.54, 1.807) is 0 Å². The summed E-state index contributed by atoms with van der Waals surface area (Å²) < 4.78 is 44.6. The molecule has 0 fully saturated rings. The van der Waals surface area contributed by atoms with Crippen molar-refractivity contribution in [3.05, 3.63) is 78.2 Å². The van der Waals surface area contributed by atoms with Gasteiger partial charge in [-0.05, 0) is 37.3 Å². The van der Waals surface area contributed by atoms with Crippen LogP contribution in [0.5, 0.6) is 0 Å². The number of fused-ring (bicyclic) bond motifs is 1. The Balaban J connectivity index is 1.80. The van der Waals surface area contributed by atoms with Crippen LogP contribution in [0, 0.1) is 0 Å². The maximum atomic E-state index is 13.0. The number of rotatable bonds is 4. The van der Waals surface area contributed by atoms with Crippen molar-refractivity contribution in [2.45, 2.75) is 13.1 Å². The van der Waals surface area contributed by atoms with Crippen molar-refractivity contribution in [1.82, 2.24) is 9.97 Å². The molecule has 0 aliphatic carbocycles. The van der Waals surface area contributed by atoms with Crippen LogP contribution >= 0.6 is 0 Å². The van der Waals surface area contributed by atoms with Gasteiger partial charge in [0.1, 0.15) is 5.52 Å². The lowest BCUT2D eigenvalue weighted by atomic mass is 10.1. The molecule has 2 aromatic heterocycles. The number of hydrogen-bond acceptors (Lipinski definition) is 5. The average Bonchev–Trinajstić information content (AvgIpc) is 3.25. The molecule has 2 amide bonds. The monoisotopic (exact) mass is 425 g/mol. The number of halogens is 3. The Labute approximate surface area is 174 Å². The highest BCUT2D eigenvalue weighted by molar-refractivity contribution is 6.34. The number of aromatic nitrogens is 2. The van der Waals surface area contributed by atoms with Crippen LogP contribution in [0.2, 0.25) is 0 Å². The second-order valence-electron chi connectivity index (χ2n) is 6.67. The molecule has 3 heterocycles. The SMILES string of the molecule is C=C/C=C\C1=C(C)C(=O)N(c2cnccc2-c2nc3cc(C(F)(F)F)ccc3o2)C1=O. The van der Waals surface area contributed by atoms with E-state index in [1.807, 2.05) is 0 Å². The van der Waals surface area contributed by atoms with Crippen LogP contribution < -0.4 is 4.90 Å². The number of amides is 2. The molecule has 3 aromatic rings. The van der Waals surface area contributed by atoms with Crippen LogP contribution in [0.15, 0.2) is 77.0 Å². The first-order valence-corrected chi connectivity index (χ1v) is 9.03. The molecule has 0 unspecified atom stereocenters. The number of pyridine rings is 1. The summed E-state index contributed by atoms with van der Waals surface area (Å²) in [6, 6.07) is 4.41. The molecule has 0 spiro atoms. The van der Waals surface area contributed by atoms with E-state index < -0.39 is 23.6 Å². The molecule has 0 saturated heterocycles. The third-order valence-corrected chi connectivity index (χ3v) is 4.75. The highest BCUT2D eigenvalue weighted by Gasteiger charge is 2.38. The maximum absolute atomic E-state index is 13.0. The number of anilines is 1. The minimum atomic E-state index is -4.53. The predicted octanol–water partition coefficient (Wildman–Crippen LogP) is 4.84. The quantitative estimate of drug-likeness (QED) is 0.442. The molecule has 4 rings (SSSR count). The Morgan fingerprint density at radius 2 is 1.94 bits per heavy atom. The first kappa shape index (κ1) is 20.3. The second-order valence-corrected chi connectivity index (χ2v) is 6.67. The molecular weight excluding hydrogens is 411 g/mol. The number of imide groups is 1. The number of carbonyl (C=O) groups excluding carboxylic acids is 2. The van der Waals surface area contributed by atoms with Crippen molar-refractivity contribution < 1.29 is 27.2 Å². The van der Waals surface area contributed by atoms with E-state index in [1.165, 1.54) is 49.7 Å². The minimum absolute atomic E-state index is 0.00410. The van der Waals surface area contributed by atoms with Crippen LogP contribution in [0.25, 0.3) is 22.6 Å². The number of hydrogen-bond donors (Lipinski definition) is 0. The Bertz CT molecular complexity index is 1300. The summed E-state index contributed by atoms with van der Waals surface area (Å²) in [5.74, 6) is -1.15. The summed E-state index contributed by atoms with van der Waals surface area (Å²) >= 11 is 0. The fraction of sp³-hybridized carbons (Fsp3) is 0.0909. The molecule has 156 valence electrons. The Morgan fingerprint density at radius 1 is 1.16 bits per heavy atom. The molecule has 1 aliphatic rings. The van der Waals surface area contributed by atoms with Crippen LogP contribution in [0.3, 0.4) is 0 Å². The number of alkyl halides is 3. The Morgan fingerprint density at radius 3 is 2.65 bits per heavy atom. The average molecular weight is 425 g/mol. The van der Waals surface area contributed by atoms with Crippen LogP contribution in [0.1, 0.15) is 12.5 Å². The minimum Gasteiger partial charge on any atom is -0.436 e. The number of nitrogens with zero attached hydrogens (tertiary/aromatic N) is 3.